The van der Waals surface area contributed by atoms with E-state index in [-0.39, 0.29) is 24.2 Å². The number of fused-ring (bicyclic) bond motifs is 1. The smallest absolute Gasteiger partial charge is 0.259 e. The van der Waals surface area contributed by atoms with Gasteiger partial charge in [0.2, 0.25) is 0 Å². The Hall–Kier alpha value is -2.36. The number of thiazole rings is 1. The molecule has 1 N–H and O–H groups in total. The van der Waals surface area contributed by atoms with Gasteiger partial charge in [0.15, 0.2) is 10.8 Å². The number of pyridine rings is 1. The first-order chi connectivity index (χ1) is 14.3. The van der Waals surface area contributed by atoms with Crippen LogP contribution < -0.4 is 5.32 Å². The minimum Gasteiger partial charge on any atom is -0.373 e. The first-order valence-corrected chi connectivity index (χ1v) is 11.2. The maximum atomic E-state index is 12.9. The Kier molecular flexibility index (Phi) is 5.86. The van der Waals surface area contributed by atoms with Crippen molar-refractivity contribution in [3.8, 4) is 0 Å². The highest BCUT2D eigenvalue weighted by Gasteiger charge is 2.23. The van der Waals surface area contributed by atoms with Gasteiger partial charge in [-0.1, -0.05) is 0 Å². The summed E-state index contributed by atoms with van der Waals surface area (Å²) in [5.41, 5.74) is 2.97. The second-order valence-electron chi connectivity index (χ2n) is 8.27. The quantitative estimate of drug-likeness (QED) is 0.668. The first kappa shape index (κ1) is 20.9. The van der Waals surface area contributed by atoms with E-state index in [1.807, 2.05) is 23.1 Å². The van der Waals surface area contributed by atoms with Crippen molar-refractivity contribution in [1.29, 1.82) is 0 Å². The summed E-state index contributed by atoms with van der Waals surface area (Å²) in [7, 11) is 0. The van der Waals surface area contributed by atoms with E-state index < -0.39 is 0 Å². The summed E-state index contributed by atoms with van der Waals surface area (Å²) in [5.74, 6) is -0.200. The van der Waals surface area contributed by atoms with E-state index in [0.717, 1.165) is 36.4 Å². The number of hydrogen-bond acceptors (Lipinski definition) is 7. The number of carbonyl (C=O) groups is 1. The highest BCUT2D eigenvalue weighted by molar-refractivity contribution is 7.14. The van der Waals surface area contributed by atoms with Crippen molar-refractivity contribution in [3.05, 3.63) is 34.6 Å². The first-order valence-electron chi connectivity index (χ1n) is 10.3. The van der Waals surface area contributed by atoms with Crippen molar-refractivity contribution >= 4 is 33.4 Å². The average Bonchev–Trinajstić information content (AvgIpc) is 3.26. The molecule has 1 amide bonds. The van der Waals surface area contributed by atoms with Crippen LogP contribution in [0.5, 0.6) is 0 Å². The predicted molar refractivity (Wildman–Crippen MR) is 118 cm³/mol. The Bertz CT molecular complexity index is 1050. The third-order valence-corrected chi connectivity index (χ3v) is 5.95. The van der Waals surface area contributed by atoms with Crippen LogP contribution in [0.1, 0.15) is 55.5 Å². The number of anilines is 1. The number of amides is 1. The number of hydrogen-bond donors (Lipinski definition) is 1. The molecule has 0 aliphatic carbocycles. The molecule has 8 nitrogen and oxygen atoms in total. The fourth-order valence-electron chi connectivity index (χ4n) is 3.92. The van der Waals surface area contributed by atoms with Gasteiger partial charge < -0.3 is 4.74 Å². The molecule has 3 aromatic rings. The third-order valence-electron chi connectivity index (χ3n) is 5.15. The van der Waals surface area contributed by atoms with Crippen LogP contribution in [0.4, 0.5) is 5.13 Å². The van der Waals surface area contributed by atoms with Gasteiger partial charge in [0.25, 0.3) is 5.91 Å². The van der Waals surface area contributed by atoms with E-state index in [0.29, 0.717) is 16.4 Å². The predicted octanol–water partition coefficient (Wildman–Crippen LogP) is 3.64. The van der Waals surface area contributed by atoms with Crippen molar-refractivity contribution in [2.45, 2.75) is 59.4 Å². The van der Waals surface area contributed by atoms with E-state index in [4.69, 9.17) is 4.74 Å². The molecule has 0 spiro atoms. The van der Waals surface area contributed by atoms with Crippen LogP contribution in [0, 0.1) is 6.92 Å². The standard InChI is InChI=1S/C21H28N6O2S/c1-12(2)27-19-16(7-22-27)6-18(15(5)23-19)20(28)25-21-24-17(11-30-21)10-26-8-13(3)29-14(4)9-26/h6-7,11-14H,8-10H2,1-5H3,(H,24,25,28). The summed E-state index contributed by atoms with van der Waals surface area (Å²) in [5, 5.41) is 10.8. The van der Waals surface area contributed by atoms with Crippen LogP contribution in [0.15, 0.2) is 17.6 Å². The third kappa shape index (κ3) is 4.38. The van der Waals surface area contributed by atoms with Crippen molar-refractivity contribution in [3.63, 3.8) is 0 Å². The highest BCUT2D eigenvalue weighted by Crippen LogP contribution is 2.22. The number of aryl methyl sites for hydroxylation is 1. The van der Waals surface area contributed by atoms with Crippen LogP contribution >= 0.6 is 11.3 Å². The molecule has 9 heteroatoms. The van der Waals surface area contributed by atoms with Crippen molar-refractivity contribution in [1.82, 2.24) is 24.6 Å². The number of nitrogens with zero attached hydrogens (tertiary/aromatic N) is 5. The molecule has 2 atom stereocenters. The molecule has 1 aliphatic rings. The Morgan fingerprint density at radius 1 is 1.30 bits per heavy atom. The zero-order valence-corrected chi connectivity index (χ0v) is 18.9. The molecule has 160 valence electrons. The van der Waals surface area contributed by atoms with Gasteiger partial charge in [0, 0.05) is 36.4 Å². The van der Waals surface area contributed by atoms with Crippen molar-refractivity contribution in [2.75, 3.05) is 18.4 Å². The van der Waals surface area contributed by atoms with E-state index >= 15 is 0 Å². The van der Waals surface area contributed by atoms with E-state index in [1.165, 1.54) is 11.3 Å². The van der Waals surface area contributed by atoms with Gasteiger partial charge in [-0.2, -0.15) is 5.10 Å². The van der Waals surface area contributed by atoms with Crippen LogP contribution in [-0.4, -0.2) is 55.9 Å². The van der Waals surface area contributed by atoms with Gasteiger partial charge in [0.1, 0.15) is 0 Å². The summed E-state index contributed by atoms with van der Waals surface area (Å²) in [6.45, 7) is 12.7. The second kappa shape index (κ2) is 8.41. The van der Waals surface area contributed by atoms with Gasteiger partial charge in [-0.15, -0.1) is 11.3 Å². The summed E-state index contributed by atoms with van der Waals surface area (Å²) in [6.07, 6.45) is 2.19. The lowest BCUT2D eigenvalue weighted by Crippen LogP contribution is -2.44. The van der Waals surface area contributed by atoms with Gasteiger partial charge in [-0.25, -0.2) is 14.6 Å². The monoisotopic (exact) mass is 428 g/mol. The largest absolute Gasteiger partial charge is 0.373 e. The summed E-state index contributed by atoms with van der Waals surface area (Å²) >= 11 is 1.44. The van der Waals surface area contributed by atoms with Gasteiger partial charge >= 0.3 is 0 Å². The Labute approximate surface area is 180 Å². The molecular weight excluding hydrogens is 400 g/mol. The zero-order valence-electron chi connectivity index (χ0n) is 18.0. The fraction of sp³-hybridized carbons (Fsp3) is 0.524. The molecule has 0 aromatic carbocycles. The molecule has 4 rings (SSSR count). The second-order valence-corrected chi connectivity index (χ2v) is 9.12. The van der Waals surface area contributed by atoms with Crippen LogP contribution in [0.25, 0.3) is 11.0 Å². The normalized spacial score (nSPS) is 20.2. The number of ether oxygens (including phenoxy) is 1. The lowest BCUT2D eigenvalue weighted by Gasteiger charge is -2.34. The maximum Gasteiger partial charge on any atom is 0.259 e. The summed E-state index contributed by atoms with van der Waals surface area (Å²) < 4.78 is 7.65. The molecule has 0 radical (unpaired) electrons. The fourth-order valence-corrected chi connectivity index (χ4v) is 4.61. The number of carbonyl (C=O) groups excluding carboxylic acids is 1. The minimum absolute atomic E-state index is 0.200. The van der Waals surface area contributed by atoms with Gasteiger partial charge in [-0.3, -0.25) is 15.0 Å². The highest BCUT2D eigenvalue weighted by atomic mass is 32.1. The Morgan fingerprint density at radius 3 is 2.73 bits per heavy atom. The summed E-state index contributed by atoms with van der Waals surface area (Å²) in [6, 6.07) is 2.06. The molecule has 0 bridgehead atoms. The van der Waals surface area contributed by atoms with Crippen LogP contribution in [0.2, 0.25) is 0 Å². The minimum atomic E-state index is -0.200. The lowest BCUT2D eigenvalue weighted by atomic mass is 10.1. The average molecular weight is 429 g/mol. The van der Waals surface area contributed by atoms with Gasteiger partial charge in [-0.05, 0) is 40.7 Å². The molecule has 1 fully saturated rings. The van der Waals surface area contributed by atoms with Crippen molar-refractivity contribution < 1.29 is 9.53 Å². The van der Waals surface area contributed by atoms with E-state index in [9.17, 15) is 4.79 Å². The Morgan fingerprint density at radius 2 is 2.03 bits per heavy atom. The number of aromatic nitrogens is 4. The van der Waals surface area contributed by atoms with Crippen LogP contribution in [-0.2, 0) is 11.3 Å². The number of nitrogens with one attached hydrogen (secondary N) is 1. The molecule has 2 unspecified atom stereocenters. The molecule has 1 saturated heterocycles. The molecule has 30 heavy (non-hydrogen) atoms. The van der Waals surface area contributed by atoms with E-state index in [1.54, 1.807) is 6.20 Å². The maximum absolute atomic E-state index is 12.9. The van der Waals surface area contributed by atoms with Gasteiger partial charge in [0.05, 0.1) is 35.4 Å². The topological polar surface area (TPSA) is 85.2 Å². The number of morpholine rings is 1. The van der Waals surface area contributed by atoms with Crippen LogP contribution in [0.3, 0.4) is 0 Å². The molecule has 1 aliphatic heterocycles. The van der Waals surface area contributed by atoms with E-state index in [2.05, 4.69) is 53.0 Å². The molecule has 4 heterocycles. The molecule has 3 aromatic heterocycles. The zero-order chi connectivity index (χ0) is 21.4. The summed E-state index contributed by atoms with van der Waals surface area (Å²) in [4.78, 5) is 24.4. The number of rotatable bonds is 5. The lowest BCUT2D eigenvalue weighted by molar-refractivity contribution is -0.0707. The molecule has 0 saturated carbocycles. The SMILES string of the molecule is Cc1nc2c(cnn2C(C)C)cc1C(=O)Nc1nc(CN2CC(C)OC(C)C2)cs1. The Balaban J connectivity index is 1.46. The molecular formula is C21H28N6O2S. The van der Waals surface area contributed by atoms with Crippen molar-refractivity contribution in [2.24, 2.45) is 0 Å².